The first-order valence-corrected chi connectivity index (χ1v) is 5.18. The van der Waals surface area contributed by atoms with Gasteiger partial charge in [0.25, 0.3) is 5.22 Å². The number of hydrogen-bond donors (Lipinski definition) is 1. The smallest absolute Gasteiger partial charge is 0.261 e. The van der Waals surface area contributed by atoms with Crippen molar-refractivity contribution >= 4 is 23.4 Å². The van der Waals surface area contributed by atoms with Crippen LogP contribution >= 0.6 is 23.4 Å². The molecule has 2 rings (SSSR count). The van der Waals surface area contributed by atoms with E-state index in [2.05, 4.69) is 15.0 Å². The third kappa shape index (κ3) is 2.28. The van der Waals surface area contributed by atoms with Gasteiger partial charge in [-0.2, -0.15) is 0 Å². The molecule has 0 aromatic carbocycles. The number of aliphatic hydroxyl groups is 1. The number of aliphatic hydroxyl groups excluding tert-OH is 1. The van der Waals surface area contributed by atoms with E-state index >= 15 is 0 Å². The quantitative estimate of drug-likeness (QED) is 0.829. The van der Waals surface area contributed by atoms with Gasteiger partial charge < -0.3 is 9.52 Å². The molecule has 2 aromatic heterocycles. The Labute approximate surface area is 94.5 Å². The molecule has 0 saturated heterocycles. The molecule has 1 N–H and O–H groups in total. The normalized spacial score (nSPS) is 10.5. The number of nitrogens with zero attached hydrogens (tertiary/aromatic N) is 3. The van der Waals surface area contributed by atoms with Crippen molar-refractivity contribution in [1.29, 1.82) is 0 Å². The minimum absolute atomic E-state index is 0.220. The molecule has 0 unspecified atom stereocenters. The molecule has 2 heterocycles. The van der Waals surface area contributed by atoms with Crippen LogP contribution in [0.25, 0.3) is 0 Å². The van der Waals surface area contributed by atoms with Crippen LogP contribution < -0.4 is 0 Å². The van der Waals surface area contributed by atoms with Crippen LogP contribution in [0.5, 0.6) is 0 Å². The van der Waals surface area contributed by atoms with Crippen LogP contribution in [0.1, 0.15) is 5.56 Å². The van der Waals surface area contributed by atoms with Gasteiger partial charge in [0.05, 0.1) is 12.8 Å². The second kappa shape index (κ2) is 4.61. The van der Waals surface area contributed by atoms with Crippen LogP contribution in [-0.4, -0.2) is 20.1 Å². The van der Waals surface area contributed by atoms with Crippen molar-refractivity contribution in [2.75, 3.05) is 0 Å². The highest BCUT2D eigenvalue weighted by atomic mass is 35.5. The molecule has 0 radical (unpaired) electrons. The second-order valence-corrected chi connectivity index (χ2v) is 3.80. The zero-order valence-corrected chi connectivity index (χ0v) is 8.99. The Morgan fingerprint density at radius 3 is 2.93 bits per heavy atom. The molecule has 0 fully saturated rings. The Hall–Kier alpha value is -1.11. The molecule has 0 amide bonds. The fraction of sp³-hybridized carbons (Fsp3) is 0.125. The first kappa shape index (κ1) is 10.4. The topological polar surface area (TPSA) is 72.0 Å². The van der Waals surface area contributed by atoms with Crippen molar-refractivity contribution < 1.29 is 9.52 Å². The minimum Gasteiger partial charge on any atom is -0.440 e. The largest absolute Gasteiger partial charge is 0.440 e. The number of halogens is 1. The van der Waals surface area contributed by atoms with Gasteiger partial charge in [0, 0.05) is 5.56 Å². The van der Waals surface area contributed by atoms with Crippen molar-refractivity contribution in [3.05, 3.63) is 29.5 Å². The third-order valence-electron chi connectivity index (χ3n) is 1.61. The van der Waals surface area contributed by atoms with E-state index in [9.17, 15) is 0 Å². The Morgan fingerprint density at radius 1 is 1.40 bits per heavy atom. The van der Waals surface area contributed by atoms with Crippen LogP contribution in [0.4, 0.5) is 0 Å². The summed E-state index contributed by atoms with van der Waals surface area (Å²) in [6.45, 7) is -0.220. The highest BCUT2D eigenvalue weighted by Gasteiger charge is 2.12. The van der Waals surface area contributed by atoms with E-state index in [1.807, 2.05) is 0 Å². The molecule has 5 nitrogen and oxygen atoms in total. The van der Waals surface area contributed by atoms with E-state index in [0.717, 1.165) is 0 Å². The van der Waals surface area contributed by atoms with Gasteiger partial charge in [0.1, 0.15) is 22.8 Å². The SMILES string of the molecule is OCc1c(Cl)ncnc1Sc1ncco1. The van der Waals surface area contributed by atoms with Gasteiger partial charge in [-0.15, -0.1) is 0 Å². The van der Waals surface area contributed by atoms with Gasteiger partial charge in [0.2, 0.25) is 0 Å². The maximum Gasteiger partial charge on any atom is 0.261 e. The van der Waals surface area contributed by atoms with E-state index in [1.54, 1.807) is 0 Å². The predicted molar refractivity (Wildman–Crippen MR) is 53.6 cm³/mol. The average Bonchev–Trinajstić information content (AvgIpc) is 2.71. The van der Waals surface area contributed by atoms with Crippen LogP contribution in [-0.2, 0) is 6.61 Å². The van der Waals surface area contributed by atoms with Crippen LogP contribution in [0.3, 0.4) is 0 Å². The third-order valence-corrected chi connectivity index (χ3v) is 2.85. The molecule has 0 aliphatic carbocycles. The fourth-order valence-electron chi connectivity index (χ4n) is 0.940. The minimum atomic E-state index is -0.220. The molecule has 0 atom stereocenters. The molecular weight excluding hydrogens is 238 g/mol. The number of rotatable bonds is 3. The molecule has 78 valence electrons. The van der Waals surface area contributed by atoms with Crippen LogP contribution in [0.15, 0.2) is 33.5 Å². The molecule has 0 aliphatic rings. The van der Waals surface area contributed by atoms with Gasteiger partial charge >= 0.3 is 0 Å². The Balaban J connectivity index is 2.32. The van der Waals surface area contributed by atoms with Gasteiger partial charge in [0.15, 0.2) is 0 Å². The zero-order valence-electron chi connectivity index (χ0n) is 7.42. The van der Waals surface area contributed by atoms with Gasteiger partial charge in [-0.05, 0) is 11.8 Å². The first-order valence-electron chi connectivity index (χ1n) is 3.99. The molecule has 0 saturated carbocycles. The van der Waals surface area contributed by atoms with Gasteiger partial charge in [-0.3, -0.25) is 0 Å². The molecule has 2 aromatic rings. The molecular formula is C8H6ClN3O2S. The summed E-state index contributed by atoms with van der Waals surface area (Å²) in [6.07, 6.45) is 4.32. The summed E-state index contributed by atoms with van der Waals surface area (Å²) < 4.78 is 5.04. The van der Waals surface area contributed by atoms with Crippen molar-refractivity contribution in [1.82, 2.24) is 15.0 Å². The van der Waals surface area contributed by atoms with Crippen molar-refractivity contribution in [2.45, 2.75) is 16.9 Å². The second-order valence-electron chi connectivity index (χ2n) is 2.51. The summed E-state index contributed by atoms with van der Waals surface area (Å²) in [5.41, 5.74) is 0.474. The van der Waals surface area contributed by atoms with E-state index in [-0.39, 0.29) is 11.8 Å². The summed E-state index contributed by atoms with van der Waals surface area (Å²) in [6, 6.07) is 0. The summed E-state index contributed by atoms with van der Waals surface area (Å²) in [4.78, 5) is 11.7. The summed E-state index contributed by atoms with van der Waals surface area (Å²) in [5, 5.41) is 10.3. The lowest BCUT2D eigenvalue weighted by Crippen LogP contribution is -1.95. The van der Waals surface area contributed by atoms with E-state index in [4.69, 9.17) is 21.1 Å². The highest BCUT2D eigenvalue weighted by Crippen LogP contribution is 2.29. The monoisotopic (exact) mass is 243 g/mol. The lowest BCUT2D eigenvalue weighted by Gasteiger charge is -2.03. The molecule has 0 spiro atoms. The molecule has 15 heavy (non-hydrogen) atoms. The lowest BCUT2D eigenvalue weighted by molar-refractivity contribution is 0.277. The molecule has 7 heteroatoms. The molecule has 0 bridgehead atoms. The van der Waals surface area contributed by atoms with E-state index in [0.29, 0.717) is 15.8 Å². The van der Waals surface area contributed by atoms with Gasteiger partial charge in [-0.1, -0.05) is 11.6 Å². The maximum atomic E-state index is 9.10. The maximum absolute atomic E-state index is 9.10. The van der Waals surface area contributed by atoms with Crippen molar-refractivity contribution in [2.24, 2.45) is 0 Å². The van der Waals surface area contributed by atoms with Crippen LogP contribution in [0, 0.1) is 0 Å². The van der Waals surface area contributed by atoms with E-state index in [1.165, 1.54) is 30.5 Å². The summed E-state index contributed by atoms with van der Waals surface area (Å²) >= 11 is 6.98. The standard InChI is InChI=1S/C8H6ClN3O2S/c9-6-5(3-13)7(12-4-11-6)15-8-10-1-2-14-8/h1-2,4,13H,3H2. The van der Waals surface area contributed by atoms with Crippen LogP contribution in [0.2, 0.25) is 5.15 Å². The number of oxazole rings is 1. The average molecular weight is 244 g/mol. The first-order chi connectivity index (χ1) is 7.31. The summed E-state index contributed by atoms with van der Waals surface area (Å²) in [5.74, 6) is 0. The van der Waals surface area contributed by atoms with Crippen molar-refractivity contribution in [3.63, 3.8) is 0 Å². The number of hydrogen-bond acceptors (Lipinski definition) is 6. The number of aromatic nitrogens is 3. The highest BCUT2D eigenvalue weighted by molar-refractivity contribution is 7.99. The van der Waals surface area contributed by atoms with Crippen molar-refractivity contribution in [3.8, 4) is 0 Å². The fourth-order valence-corrected chi connectivity index (χ4v) is 1.96. The van der Waals surface area contributed by atoms with Gasteiger partial charge in [-0.25, -0.2) is 15.0 Å². The Morgan fingerprint density at radius 2 is 2.27 bits per heavy atom. The predicted octanol–water partition coefficient (Wildman–Crippen LogP) is 1.76. The van der Waals surface area contributed by atoms with E-state index < -0.39 is 0 Å². The zero-order chi connectivity index (χ0) is 10.7. The molecule has 0 aliphatic heterocycles. The Kier molecular flexibility index (Phi) is 3.20. The summed E-state index contributed by atoms with van der Waals surface area (Å²) in [7, 11) is 0. The Bertz CT molecular complexity index is 449. The lowest BCUT2D eigenvalue weighted by atomic mass is 10.4.